The first-order valence-corrected chi connectivity index (χ1v) is 11.1. The first-order valence-electron chi connectivity index (χ1n) is 10.8. The fraction of sp³-hybridized carbons (Fsp3) is 0.320. The Hall–Kier alpha value is -3.12. The highest BCUT2D eigenvalue weighted by Crippen LogP contribution is 2.42. The largest absolute Gasteiger partial charge is 0.507 e. The molecule has 0 bridgehead atoms. The zero-order valence-electron chi connectivity index (χ0n) is 17.8. The summed E-state index contributed by atoms with van der Waals surface area (Å²) in [6, 6.07) is 10.3. The maximum atomic E-state index is 10.9. The van der Waals surface area contributed by atoms with E-state index in [-0.39, 0.29) is 11.3 Å². The standard InChI is InChI=1S/C15H16N2O3.C10H9ClO/c1-17-12-5-3-2-4-10(12)14(16-17)9-6-7-11(15(19)20)13(18)8-9;11-10-3-1-2-8(7-4-5-7)9(10)6-12/h6-8,18H,2-5H2,1H3,(H,19,20);1-3,6-7H,4-5H2. The lowest BCUT2D eigenvalue weighted by Crippen LogP contribution is -2.05. The quantitative estimate of drug-likeness (QED) is 0.517. The van der Waals surface area contributed by atoms with Gasteiger partial charge in [0.25, 0.3) is 0 Å². The molecule has 2 aromatic carbocycles. The van der Waals surface area contributed by atoms with Crippen LogP contribution in [-0.4, -0.2) is 32.2 Å². The highest BCUT2D eigenvalue weighted by molar-refractivity contribution is 6.33. The number of carbonyl (C=O) groups excluding carboxylic acids is 1. The van der Waals surface area contributed by atoms with Gasteiger partial charge in [-0.2, -0.15) is 5.10 Å². The average Bonchev–Trinajstić information content (AvgIpc) is 3.57. The third-order valence-corrected chi connectivity index (χ3v) is 6.42. The summed E-state index contributed by atoms with van der Waals surface area (Å²) >= 11 is 5.87. The van der Waals surface area contributed by atoms with Gasteiger partial charge in [0, 0.05) is 29.4 Å². The molecule has 0 saturated heterocycles. The maximum Gasteiger partial charge on any atom is 0.339 e. The number of aromatic hydroxyl groups is 1. The summed E-state index contributed by atoms with van der Waals surface area (Å²) in [5.74, 6) is -0.758. The molecule has 1 saturated carbocycles. The normalized spacial score (nSPS) is 14.8. The van der Waals surface area contributed by atoms with E-state index in [0.717, 1.165) is 42.4 Å². The second-order valence-corrected chi connectivity index (χ2v) is 8.68. The number of fused-ring (bicyclic) bond motifs is 1. The van der Waals surface area contributed by atoms with Gasteiger partial charge in [0.15, 0.2) is 6.29 Å². The van der Waals surface area contributed by atoms with Crippen LogP contribution in [0, 0.1) is 0 Å². The van der Waals surface area contributed by atoms with Gasteiger partial charge >= 0.3 is 5.97 Å². The minimum absolute atomic E-state index is 0.0847. The summed E-state index contributed by atoms with van der Waals surface area (Å²) in [5.41, 5.74) is 5.81. The number of carbonyl (C=O) groups is 2. The van der Waals surface area contributed by atoms with Gasteiger partial charge in [-0.25, -0.2) is 4.79 Å². The van der Waals surface area contributed by atoms with Crippen molar-refractivity contribution < 1.29 is 19.8 Å². The van der Waals surface area contributed by atoms with Gasteiger partial charge in [-0.15, -0.1) is 0 Å². The van der Waals surface area contributed by atoms with E-state index in [1.54, 1.807) is 12.1 Å². The van der Waals surface area contributed by atoms with Crippen LogP contribution in [0.25, 0.3) is 11.3 Å². The van der Waals surface area contributed by atoms with Gasteiger partial charge < -0.3 is 10.2 Å². The molecule has 1 fully saturated rings. The summed E-state index contributed by atoms with van der Waals surface area (Å²) in [4.78, 5) is 21.6. The molecule has 0 spiro atoms. The van der Waals surface area contributed by atoms with E-state index < -0.39 is 5.97 Å². The average molecular weight is 453 g/mol. The van der Waals surface area contributed by atoms with Crippen molar-refractivity contribution in [3.05, 3.63) is 69.4 Å². The summed E-state index contributed by atoms with van der Waals surface area (Å²) < 4.78 is 1.89. The zero-order chi connectivity index (χ0) is 22.8. The minimum atomic E-state index is -1.13. The first kappa shape index (κ1) is 22.1. The summed E-state index contributed by atoms with van der Waals surface area (Å²) in [7, 11) is 1.93. The molecule has 0 amide bonds. The zero-order valence-corrected chi connectivity index (χ0v) is 18.6. The van der Waals surface area contributed by atoms with E-state index >= 15 is 0 Å². The van der Waals surface area contributed by atoms with Crippen molar-refractivity contribution in [2.45, 2.75) is 44.4 Å². The van der Waals surface area contributed by atoms with E-state index in [0.29, 0.717) is 16.5 Å². The molecule has 2 aliphatic rings. The molecular formula is C25H25ClN2O4. The van der Waals surface area contributed by atoms with Crippen molar-refractivity contribution in [3.8, 4) is 17.0 Å². The Labute approximate surface area is 191 Å². The number of hydrogen-bond acceptors (Lipinski definition) is 4. The topological polar surface area (TPSA) is 92.4 Å². The number of hydrogen-bond donors (Lipinski definition) is 2. The number of benzene rings is 2. The number of aromatic nitrogens is 2. The van der Waals surface area contributed by atoms with Crippen LogP contribution in [0.15, 0.2) is 36.4 Å². The molecule has 1 heterocycles. The van der Waals surface area contributed by atoms with Crippen LogP contribution in [-0.2, 0) is 19.9 Å². The Kier molecular flexibility index (Phi) is 6.33. The number of aromatic carboxylic acids is 1. The number of halogens is 1. The van der Waals surface area contributed by atoms with Crippen molar-refractivity contribution in [1.29, 1.82) is 0 Å². The number of rotatable bonds is 4. The molecule has 6 nitrogen and oxygen atoms in total. The Morgan fingerprint density at radius 1 is 1.19 bits per heavy atom. The van der Waals surface area contributed by atoms with Gasteiger partial charge in [-0.1, -0.05) is 29.8 Å². The van der Waals surface area contributed by atoms with E-state index in [1.807, 2.05) is 23.9 Å². The molecule has 5 rings (SSSR count). The van der Waals surface area contributed by atoms with E-state index in [4.69, 9.17) is 16.7 Å². The van der Waals surface area contributed by atoms with Crippen LogP contribution >= 0.6 is 11.6 Å². The Morgan fingerprint density at radius 3 is 2.59 bits per heavy atom. The summed E-state index contributed by atoms with van der Waals surface area (Å²) in [6.45, 7) is 0. The van der Waals surface area contributed by atoms with Crippen molar-refractivity contribution in [1.82, 2.24) is 9.78 Å². The van der Waals surface area contributed by atoms with Gasteiger partial charge in [-0.05, 0) is 68.2 Å². The summed E-state index contributed by atoms with van der Waals surface area (Å²) in [5, 5.41) is 23.9. The van der Waals surface area contributed by atoms with Gasteiger partial charge in [-0.3, -0.25) is 9.48 Å². The van der Waals surface area contributed by atoms with E-state index in [1.165, 1.54) is 42.7 Å². The predicted molar refractivity (Wildman–Crippen MR) is 123 cm³/mol. The second-order valence-electron chi connectivity index (χ2n) is 8.28. The number of aldehydes is 1. The number of carboxylic acid groups (broad SMARTS) is 1. The van der Waals surface area contributed by atoms with Crippen LogP contribution in [0.5, 0.6) is 5.75 Å². The van der Waals surface area contributed by atoms with Gasteiger partial charge in [0.05, 0.1) is 10.7 Å². The Balaban J connectivity index is 0.000000174. The molecule has 2 aliphatic carbocycles. The number of carboxylic acids is 1. The molecule has 0 radical (unpaired) electrons. The number of phenols is 1. The molecule has 0 aliphatic heterocycles. The first-order chi connectivity index (χ1) is 15.4. The molecule has 2 N–H and O–H groups in total. The van der Waals surface area contributed by atoms with Gasteiger partial charge in [0.2, 0.25) is 0 Å². The molecule has 32 heavy (non-hydrogen) atoms. The molecule has 0 unspecified atom stereocenters. The summed E-state index contributed by atoms with van der Waals surface area (Å²) in [6.07, 6.45) is 7.58. The van der Waals surface area contributed by atoms with E-state index in [2.05, 4.69) is 5.10 Å². The lowest BCUT2D eigenvalue weighted by atomic mass is 9.93. The van der Waals surface area contributed by atoms with Gasteiger partial charge in [0.1, 0.15) is 11.3 Å². The third kappa shape index (κ3) is 4.41. The van der Waals surface area contributed by atoms with Crippen molar-refractivity contribution in [3.63, 3.8) is 0 Å². The highest BCUT2D eigenvalue weighted by Gasteiger charge is 2.26. The predicted octanol–water partition coefficient (Wildman–Crippen LogP) is 5.40. The fourth-order valence-electron chi connectivity index (χ4n) is 4.29. The van der Waals surface area contributed by atoms with Crippen molar-refractivity contribution in [2.24, 2.45) is 7.05 Å². The van der Waals surface area contributed by atoms with Crippen LogP contribution in [0.3, 0.4) is 0 Å². The van der Waals surface area contributed by atoms with Crippen LogP contribution in [0.4, 0.5) is 0 Å². The smallest absolute Gasteiger partial charge is 0.339 e. The molecular weight excluding hydrogens is 428 g/mol. The minimum Gasteiger partial charge on any atom is -0.507 e. The van der Waals surface area contributed by atoms with Crippen LogP contribution in [0.1, 0.15) is 69.1 Å². The van der Waals surface area contributed by atoms with Crippen LogP contribution < -0.4 is 0 Å². The van der Waals surface area contributed by atoms with Crippen molar-refractivity contribution in [2.75, 3.05) is 0 Å². The second kappa shape index (κ2) is 9.17. The fourth-order valence-corrected chi connectivity index (χ4v) is 4.52. The molecule has 1 aromatic heterocycles. The Morgan fingerprint density at radius 2 is 1.94 bits per heavy atom. The molecule has 0 atom stereocenters. The lowest BCUT2D eigenvalue weighted by molar-refractivity contribution is 0.0693. The van der Waals surface area contributed by atoms with Crippen LogP contribution in [0.2, 0.25) is 5.02 Å². The maximum absolute atomic E-state index is 10.9. The van der Waals surface area contributed by atoms with Crippen molar-refractivity contribution >= 4 is 23.9 Å². The molecule has 166 valence electrons. The SMILES string of the molecule is Cn1nc(-c2ccc(C(=O)O)c(O)c2)c2c1CCCC2.O=Cc1c(Cl)cccc1C1CC1. The number of nitrogens with zero attached hydrogens (tertiary/aromatic N) is 2. The van der Waals surface area contributed by atoms with E-state index in [9.17, 15) is 14.7 Å². The molecule has 7 heteroatoms. The monoisotopic (exact) mass is 452 g/mol. The highest BCUT2D eigenvalue weighted by atomic mass is 35.5. The molecule has 3 aromatic rings. The number of aryl methyl sites for hydroxylation is 1. The third-order valence-electron chi connectivity index (χ3n) is 6.09. The lowest BCUT2D eigenvalue weighted by Gasteiger charge is -2.12. The Bertz CT molecular complexity index is 1180.